The van der Waals surface area contributed by atoms with Gasteiger partial charge in [-0.25, -0.2) is 8.42 Å². The van der Waals surface area contributed by atoms with E-state index in [1.54, 1.807) is 0 Å². The monoisotopic (exact) mass is 499 g/mol. The largest absolute Gasteiger partial charge is 0.480 e. The normalized spacial score (nSPS) is 15.3. The lowest BCUT2D eigenvalue weighted by Gasteiger charge is -2.22. The number of nitro benzene ring substituents is 1. The van der Waals surface area contributed by atoms with Crippen LogP contribution >= 0.6 is 0 Å². The zero-order valence-corrected chi connectivity index (χ0v) is 19.3. The molecular formula is C20H29N5O8S. The van der Waals surface area contributed by atoms with Crippen molar-refractivity contribution in [2.45, 2.75) is 43.0 Å². The van der Waals surface area contributed by atoms with Gasteiger partial charge in [0.2, 0.25) is 21.8 Å². The van der Waals surface area contributed by atoms with E-state index in [4.69, 9.17) is 0 Å². The van der Waals surface area contributed by atoms with E-state index in [1.807, 2.05) is 4.72 Å². The van der Waals surface area contributed by atoms with Gasteiger partial charge in [-0.2, -0.15) is 4.72 Å². The fourth-order valence-corrected chi connectivity index (χ4v) is 4.84. The van der Waals surface area contributed by atoms with Gasteiger partial charge in [0.1, 0.15) is 6.04 Å². The molecule has 0 saturated carbocycles. The molecule has 5 N–H and O–H groups in total. The van der Waals surface area contributed by atoms with Crippen molar-refractivity contribution in [2.24, 2.45) is 5.92 Å². The standard InChI is InChI=1S/C20H29N5O8S/c26-18(6-5-14-7-10-21-11-8-14)22-12-9-19(27)23-13-15(20(28)29)24-34(32,33)17-4-2-1-3-16(17)25(30)31/h1-4,14-15,21,24H,5-13H2,(H,22,26)(H,23,27)(H,28,29). The molecule has 1 aliphatic rings. The van der Waals surface area contributed by atoms with E-state index in [-0.39, 0.29) is 18.9 Å². The number of piperidine rings is 1. The van der Waals surface area contributed by atoms with Crippen molar-refractivity contribution in [1.29, 1.82) is 0 Å². The van der Waals surface area contributed by atoms with Crippen LogP contribution in [0.1, 0.15) is 32.1 Å². The maximum atomic E-state index is 12.5. The number of carbonyl (C=O) groups is 3. The molecule has 0 aromatic heterocycles. The molecule has 1 aromatic carbocycles. The Morgan fingerprint density at radius 2 is 1.76 bits per heavy atom. The molecule has 13 nitrogen and oxygen atoms in total. The highest BCUT2D eigenvalue weighted by Gasteiger charge is 2.30. The van der Waals surface area contributed by atoms with Crippen molar-refractivity contribution in [3.05, 3.63) is 34.4 Å². The van der Waals surface area contributed by atoms with Crippen LogP contribution in [0.5, 0.6) is 0 Å². The summed E-state index contributed by atoms with van der Waals surface area (Å²) in [6, 6.07) is 2.74. The van der Waals surface area contributed by atoms with Gasteiger partial charge in [0, 0.05) is 32.0 Å². The van der Waals surface area contributed by atoms with Gasteiger partial charge < -0.3 is 21.1 Å². The Morgan fingerprint density at radius 1 is 1.12 bits per heavy atom. The van der Waals surface area contributed by atoms with Gasteiger partial charge in [-0.15, -0.1) is 0 Å². The first-order valence-electron chi connectivity index (χ1n) is 10.8. The molecule has 1 aromatic rings. The first-order chi connectivity index (χ1) is 16.1. The summed E-state index contributed by atoms with van der Waals surface area (Å²) in [5.41, 5.74) is -0.709. The molecule has 0 bridgehead atoms. The van der Waals surface area contributed by atoms with Crippen LogP contribution in [0.4, 0.5) is 5.69 Å². The van der Waals surface area contributed by atoms with E-state index < -0.39 is 50.0 Å². The zero-order chi connectivity index (χ0) is 25.1. The number of nitro groups is 1. The molecule has 1 aliphatic heterocycles. The SMILES string of the molecule is O=C(CCC1CCNCC1)NCCC(=O)NCC(NS(=O)(=O)c1ccccc1[N+](=O)[O-])C(=O)O. The Morgan fingerprint density at radius 3 is 2.41 bits per heavy atom. The number of carboxylic acids is 1. The summed E-state index contributed by atoms with van der Waals surface area (Å²) >= 11 is 0. The van der Waals surface area contributed by atoms with Crippen LogP contribution in [0.15, 0.2) is 29.2 Å². The van der Waals surface area contributed by atoms with E-state index in [0.29, 0.717) is 12.3 Å². The fourth-order valence-electron chi connectivity index (χ4n) is 3.48. The summed E-state index contributed by atoms with van der Waals surface area (Å²) < 4.78 is 26.9. The van der Waals surface area contributed by atoms with Crippen LogP contribution in [-0.2, 0) is 24.4 Å². The van der Waals surface area contributed by atoms with Crippen LogP contribution in [0.25, 0.3) is 0 Å². The molecule has 0 radical (unpaired) electrons. The highest BCUT2D eigenvalue weighted by atomic mass is 32.2. The van der Waals surface area contributed by atoms with Gasteiger partial charge in [-0.1, -0.05) is 12.1 Å². The molecule has 1 heterocycles. The second kappa shape index (κ2) is 13.0. The van der Waals surface area contributed by atoms with Crippen LogP contribution < -0.4 is 20.7 Å². The fraction of sp³-hybridized carbons (Fsp3) is 0.550. The summed E-state index contributed by atoms with van der Waals surface area (Å²) in [5, 5.41) is 28.6. The number of hydrogen-bond donors (Lipinski definition) is 5. The summed E-state index contributed by atoms with van der Waals surface area (Å²) in [5.74, 6) is -1.83. The Bertz CT molecular complexity index is 994. The predicted molar refractivity (Wildman–Crippen MR) is 120 cm³/mol. The molecule has 188 valence electrons. The van der Waals surface area contributed by atoms with Crippen molar-refractivity contribution in [1.82, 2.24) is 20.7 Å². The lowest BCUT2D eigenvalue weighted by atomic mass is 9.93. The Hall–Kier alpha value is -3.10. The molecule has 2 rings (SSSR count). The second-order valence-corrected chi connectivity index (χ2v) is 9.56. The molecule has 2 amide bonds. The van der Waals surface area contributed by atoms with Gasteiger partial charge >= 0.3 is 5.97 Å². The Kier molecular flexibility index (Phi) is 10.3. The molecule has 1 fully saturated rings. The van der Waals surface area contributed by atoms with Crippen molar-refractivity contribution < 1.29 is 32.8 Å². The van der Waals surface area contributed by atoms with E-state index in [2.05, 4.69) is 16.0 Å². The molecule has 14 heteroatoms. The number of nitrogens with zero attached hydrogens (tertiary/aromatic N) is 1. The summed E-state index contributed by atoms with van der Waals surface area (Å²) in [6.45, 7) is 1.36. The average molecular weight is 500 g/mol. The number of nitrogens with one attached hydrogen (secondary N) is 4. The van der Waals surface area contributed by atoms with E-state index in [0.717, 1.165) is 44.5 Å². The number of benzene rings is 1. The number of aliphatic carboxylic acids is 1. The van der Waals surface area contributed by atoms with Crippen molar-refractivity contribution in [2.75, 3.05) is 26.2 Å². The van der Waals surface area contributed by atoms with Crippen LogP contribution in [0.3, 0.4) is 0 Å². The van der Waals surface area contributed by atoms with Gasteiger partial charge in [0.05, 0.1) is 4.92 Å². The number of amides is 2. The highest BCUT2D eigenvalue weighted by molar-refractivity contribution is 7.89. The minimum Gasteiger partial charge on any atom is -0.480 e. The van der Waals surface area contributed by atoms with Crippen molar-refractivity contribution in [3.8, 4) is 0 Å². The minimum atomic E-state index is -4.56. The number of para-hydroxylation sites is 1. The van der Waals surface area contributed by atoms with Crippen LogP contribution in [0, 0.1) is 16.0 Å². The zero-order valence-electron chi connectivity index (χ0n) is 18.5. The molecular weight excluding hydrogens is 470 g/mol. The summed E-state index contributed by atoms with van der Waals surface area (Å²) in [6.07, 6.45) is 3.08. The van der Waals surface area contributed by atoms with Gasteiger partial charge in [-0.3, -0.25) is 24.5 Å². The van der Waals surface area contributed by atoms with Gasteiger partial charge in [-0.05, 0) is 44.3 Å². The average Bonchev–Trinajstić information content (AvgIpc) is 2.81. The van der Waals surface area contributed by atoms with E-state index in [9.17, 15) is 38.0 Å². The minimum absolute atomic E-state index is 0.0521. The van der Waals surface area contributed by atoms with Crippen LogP contribution in [0.2, 0.25) is 0 Å². The smallest absolute Gasteiger partial charge is 0.323 e. The number of hydrogen-bond acceptors (Lipinski definition) is 8. The lowest BCUT2D eigenvalue weighted by Crippen LogP contribution is -2.48. The predicted octanol–water partition coefficient (Wildman–Crippen LogP) is -0.271. The molecule has 1 atom stereocenters. The molecule has 0 aliphatic carbocycles. The topological polar surface area (TPSA) is 197 Å². The van der Waals surface area contributed by atoms with Crippen molar-refractivity contribution >= 4 is 33.5 Å². The quantitative estimate of drug-likeness (QED) is 0.179. The second-order valence-electron chi connectivity index (χ2n) is 7.87. The number of carboxylic acid groups (broad SMARTS) is 1. The number of rotatable bonds is 13. The van der Waals surface area contributed by atoms with Gasteiger partial charge in [0.25, 0.3) is 5.69 Å². The number of sulfonamides is 1. The number of carbonyl (C=O) groups excluding carboxylic acids is 2. The maximum Gasteiger partial charge on any atom is 0.323 e. The molecule has 0 spiro atoms. The van der Waals surface area contributed by atoms with E-state index in [1.165, 1.54) is 12.1 Å². The highest BCUT2D eigenvalue weighted by Crippen LogP contribution is 2.23. The summed E-state index contributed by atoms with van der Waals surface area (Å²) in [7, 11) is -4.56. The van der Waals surface area contributed by atoms with Crippen LogP contribution in [-0.4, -0.2) is 68.5 Å². The molecule has 34 heavy (non-hydrogen) atoms. The maximum absolute atomic E-state index is 12.5. The Balaban J connectivity index is 1.79. The first-order valence-corrected chi connectivity index (χ1v) is 12.3. The Labute approximate surface area is 196 Å². The third-order valence-electron chi connectivity index (χ3n) is 5.36. The van der Waals surface area contributed by atoms with E-state index >= 15 is 0 Å². The summed E-state index contributed by atoms with van der Waals surface area (Å²) in [4.78, 5) is 44.9. The molecule has 1 unspecified atom stereocenters. The van der Waals surface area contributed by atoms with Crippen molar-refractivity contribution in [3.63, 3.8) is 0 Å². The first kappa shape index (κ1) is 27.1. The lowest BCUT2D eigenvalue weighted by molar-refractivity contribution is -0.387. The third kappa shape index (κ3) is 8.68. The molecule has 1 saturated heterocycles. The van der Waals surface area contributed by atoms with Gasteiger partial charge in [0.15, 0.2) is 4.90 Å². The third-order valence-corrected chi connectivity index (χ3v) is 6.88.